The highest BCUT2D eigenvalue weighted by molar-refractivity contribution is 7.80. The normalized spacial score (nSPS) is 24.5. The first kappa shape index (κ1) is 16.1. The van der Waals surface area contributed by atoms with E-state index in [0.29, 0.717) is 12.0 Å². The molecule has 124 valence electrons. The molecule has 0 saturated heterocycles. The van der Waals surface area contributed by atoms with Gasteiger partial charge in [-0.25, -0.2) is 0 Å². The van der Waals surface area contributed by atoms with Crippen LogP contribution in [0.1, 0.15) is 18.4 Å². The summed E-state index contributed by atoms with van der Waals surface area (Å²) in [5.74, 6) is 2.93. The monoisotopic (exact) mass is 332 g/mol. The summed E-state index contributed by atoms with van der Waals surface area (Å²) in [5, 5.41) is 7.53. The molecule has 2 aliphatic rings. The molecule has 0 unspecified atom stereocenters. The molecule has 3 atom stereocenters. The summed E-state index contributed by atoms with van der Waals surface area (Å²) < 4.78 is 10.6. The molecular formula is C18H24N2O2S. The third-order valence-corrected chi connectivity index (χ3v) is 5.00. The third kappa shape index (κ3) is 3.78. The van der Waals surface area contributed by atoms with E-state index in [4.69, 9.17) is 21.7 Å². The van der Waals surface area contributed by atoms with Crippen molar-refractivity contribution in [3.63, 3.8) is 0 Å². The standard InChI is InChI=1S/C18H24N2O2S/c1-21-16-6-4-12(11-17(16)22-2)7-8-19-18(23)20-15-10-13-3-5-14(15)9-13/h3-6,11,13-15H,7-10H2,1-2H3,(H2,19,20,23)/t13-,14+,15+/m1/s1. The molecule has 0 heterocycles. The van der Waals surface area contributed by atoms with Gasteiger partial charge in [-0.05, 0) is 61.0 Å². The van der Waals surface area contributed by atoms with Gasteiger partial charge in [0.25, 0.3) is 0 Å². The molecule has 1 aromatic rings. The zero-order valence-electron chi connectivity index (χ0n) is 13.7. The maximum Gasteiger partial charge on any atom is 0.166 e. The van der Waals surface area contributed by atoms with Crippen LogP contribution in [-0.4, -0.2) is 31.9 Å². The van der Waals surface area contributed by atoms with Crippen LogP contribution in [0.4, 0.5) is 0 Å². The Morgan fingerprint density at radius 3 is 2.65 bits per heavy atom. The van der Waals surface area contributed by atoms with Crippen LogP contribution in [0.5, 0.6) is 11.5 Å². The smallest absolute Gasteiger partial charge is 0.166 e. The lowest BCUT2D eigenvalue weighted by atomic mass is 10.0. The molecule has 4 nitrogen and oxygen atoms in total. The van der Waals surface area contributed by atoms with Crippen LogP contribution in [-0.2, 0) is 6.42 Å². The van der Waals surface area contributed by atoms with E-state index in [1.807, 2.05) is 12.1 Å². The molecule has 2 N–H and O–H groups in total. The quantitative estimate of drug-likeness (QED) is 0.619. The van der Waals surface area contributed by atoms with Crippen LogP contribution in [0.15, 0.2) is 30.4 Å². The first-order valence-corrected chi connectivity index (χ1v) is 8.54. The maximum absolute atomic E-state index is 5.42. The fourth-order valence-electron chi connectivity index (χ4n) is 3.52. The predicted molar refractivity (Wildman–Crippen MR) is 96.1 cm³/mol. The number of hydrogen-bond acceptors (Lipinski definition) is 3. The highest BCUT2D eigenvalue weighted by atomic mass is 32.1. The van der Waals surface area contributed by atoms with E-state index in [0.717, 1.165) is 35.5 Å². The van der Waals surface area contributed by atoms with Crippen molar-refractivity contribution in [2.24, 2.45) is 11.8 Å². The van der Waals surface area contributed by atoms with Crippen LogP contribution in [0.25, 0.3) is 0 Å². The van der Waals surface area contributed by atoms with Crippen molar-refractivity contribution >= 4 is 17.3 Å². The number of nitrogens with one attached hydrogen (secondary N) is 2. The van der Waals surface area contributed by atoms with Gasteiger partial charge >= 0.3 is 0 Å². The zero-order chi connectivity index (χ0) is 16.2. The Labute approximate surface area is 143 Å². The Kier molecular flexibility index (Phi) is 5.06. The average Bonchev–Trinajstić information content (AvgIpc) is 3.17. The second-order valence-electron chi connectivity index (χ2n) is 6.23. The fraction of sp³-hybridized carbons (Fsp3) is 0.500. The van der Waals surface area contributed by atoms with Gasteiger partial charge in [0.05, 0.1) is 14.2 Å². The topological polar surface area (TPSA) is 42.5 Å². The van der Waals surface area contributed by atoms with Crippen molar-refractivity contribution in [3.05, 3.63) is 35.9 Å². The number of methoxy groups -OCH3 is 2. The molecule has 2 bridgehead atoms. The predicted octanol–water partition coefficient (Wildman–Crippen LogP) is 2.68. The molecule has 0 radical (unpaired) electrons. The molecule has 0 spiro atoms. The molecule has 2 aliphatic carbocycles. The minimum atomic E-state index is 0.506. The highest BCUT2D eigenvalue weighted by Gasteiger charge is 2.35. The first-order valence-electron chi connectivity index (χ1n) is 8.13. The molecule has 0 amide bonds. The first-order chi connectivity index (χ1) is 11.2. The molecule has 1 saturated carbocycles. The summed E-state index contributed by atoms with van der Waals surface area (Å²) in [6, 6.07) is 6.51. The Hall–Kier alpha value is -1.75. The molecule has 1 aromatic carbocycles. The van der Waals surface area contributed by atoms with Crippen LogP contribution in [0, 0.1) is 11.8 Å². The zero-order valence-corrected chi connectivity index (χ0v) is 14.5. The van der Waals surface area contributed by atoms with Gasteiger partial charge in [-0.15, -0.1) is 0 Å². The molecular weight excluding hydrogens is 308 g/mol. The van der Waals surface area contributed by atoms with Crippen molar-refractivity contribution in [3.8, 4) is 11.5 Å². The minimum Gasteiger partial charge on any atom is -0.493 e. The summed E-state index contributed by atoms with van der Waals surface area (Å²) in [6.45, 7) is 0.804. The highest BCUT2D eigenvalue weighted by Crippen LogP contribution is 2.38. The van der Waals surface area contributed by atoms with E-state index >= 15 is 0 Å². The van der Waals surface area contributed by atoms with Gasteiger partial charge in [0.1, 0.15) is 0 Å². The van der Waals surface area contributed by atoms with Gasteiger partial charge in [0.2, 0.25) is 0 Å². The van der Waals surface area contributed by atoms with E-state index in [2.05, 4.69) is 28.9 Å². The number of rotatable bonds is 6. The lowest BCUT2D eigenvalue weighted by Crippen LogP contribution is -2.44. The summed E-state index contributed by atoms with van der Waals surface area (Å²) in [6.07, 6.45) is 8.05. The van der Waals surface area contributed by atoms with Gasteiger partial charge in [-0.2, -0.15) is 0 Å². The van der Waals surface area contributed by atoms with Crippen molar-refractivity contribution < 1.29 is 9.47 Å². The van der Waals surface area contributed by atoms with Gasteiger partial charge in [0.15, 0.2) is 16.6 Å². The summed E-state index contributed by atoms with van der Waals surface area (Å²) in [5.41, 5.74) is 1.20. The molecule has 0 aromatic heterocycles. The van der Waals surface area contributed by atoms with E-state index in [1.165, 1.54) is 18.4 Å². The van der Waals surface area contributed by atoms with Crippen molar-refractivity contribution in [2.75, 3.05) is 20.8 Å². The Morgan fingerprint density at radius 2 is 2.00 bits per heavy atom. The van der Waals surface area contributed by atoms with Gasteiger partial charge in [-0.3, -0.25) is 0 Å². The largest absolute Gasteiger partial charge is 0.493 e. The van der Waals surface area contributed by atoms with Crippen LogP contribution in [0.3, 0.4) is 0 Å². The number of ether oxygens (including phenoxy) is 2. The Bertz CT molecular complexity index is 603. The van der Waals surface area contributed by atoms with Crippen LogP contribution < -0.4 is 20.1 Å². The summed E-state index contributed by atoms with van der Waals surface area (Å²) >= 11 is 5.42. The number of allylic oxidation sites excluding steroid dienone is 1. The summed E-state index contributed by atoms with van der Waals surface area (Å²) in [4.78, 5) is 0. The number of fused-ring (bicyclic) bond motifs is 2. The Morgan fingerprint density at radius 1 is 1.17 bits per heavy atom. The SMILES string of the molecule is COc1ccc(CCNC(=S)N[C@H]2C[C@@H]3C=C[C@H]2C3)cc1OC. The van der Waals surface area contributed by atoms with Crippen molar-refractivity contribution in [1.82, 2.24) is 10.6 Å². The van der Waals surface area contributed by atoms with Gasteiger partial charge < -0.3 is 20.1 Å². The van der Waals surface area contributed by atoms with E-state index in [-0.39, 0.29) is 0 Å². The minimum absolute atomic E-state index is 0.506. The van der Waals surface area contributed by atoms with E-state index < -0.39 is 0 Å². The Balaban J connectivity index is 1.44. The number of hydrogen-bond donors (Lipinski definition) is 2. The van der Waals surface area contributed by atoms with Crippen LogP contribution >= 0.6 is 12.2 Å². The molecule has 1 fully saturated rings. The lowest BCUT2D eigenvalue weighted by molar-refractivity contribution is 0.354. The molecule has 3 rings (SSSR count). The van der Waals surface area contributed by atoms with Crippen LogP contribution in [0.2, 0.25) is 0 Å². The average molecular weight is 332 g/mol. The molecule has 5 heteroatoms. The number of benzene rings is 1. The second-order valence-corrected chi connectivity index (χ2v) is 6.63. The fourth-order valence-corrected chi connectivity index (χ4v) is 3.78. The maximum atomic E-state index is 5.42. The lowest BCUT2D eigenvalue weighted by Gasteiger charge is -2.22. The number of thiocarbonyl (C=S) groups is 1. The second kappa shape index (κ2) is 7.21. The van der Waals surface area contributed by atoms with Gasteiger partial charge in [-0.1, -0.05) is 18.2 Å². The van der Waals surface area contributed by atoms with E-state index in [1.54, 1.807) is 14.2 Å². The van der Waals surface area contributed by atoms with Crippen molar-refractivity contribution in [1.29, 1.82) is 0 Å². The van der Waals surface area contributed by atoms with E-state index in [9.17, 15) is 0 Å². The molecule has 0 aliphatic heterocycles. The third-order valence-electron chi connectivity index (χ3n) is 4.74. The molecule has 23 heavy (non-hydrogen) atoms. The summed E-state index contributed by atoms with van der Waals surface area (Å²) in [7, 11) is 3.30. The van der Waals surface area contributed by atoms with Crippen molar-refractivity contribution in [2.45, 2.75) is 25.3 Å². The van der Waals surface area contributed by atoms with Gasteiger partial charge in [0, 0.05) is 12.6 Å².